The quantitative estimate of drug-likeness (QED) is 0.558. The molecule has 0 aliphatic rings. The number of pyridine rings is 1. The molecule has 0 aliphatic carbocycles. The molecule has 0 spiro atoms. The number of aromatic nitrogens is 1. The van der Waals surface area contributed by atoms with Crippen molar-refractivity contribution in [1.29, 1.82) is 0 Å². The predicted octanol–water partition coefficient (Wildman–Crippen LogP) is 4.37. The van der Waals surface area contributed by atoms with E-state index in [0.29, 0.717) is 24.5 Å². The summed E-state index contributed by atoms with van der Waals surface area (Å²) < 4.78 is 27.6. The van der Waals surface area contributed by atoms with Gasteiger partial charge in [-0.25, -0.2) is 8.42 Å². The van der Waals surface area contributed by atoms with E-state index in [0.717, 1.165) is 11.1 Å². The van der Waals surface area contributed by atoms with Crippen LogP contribution in [0.25, 0.3) is 0 Å². The lowest BCUT2D eigenvalue weighted by Crippen LogP contribution is -2.33. The van der Waals surface area contributed by atoms with Gasteiger partial charge in [0.2, 0.25) is 10.0 Å². The minimum Gasteiger partial charge on any atom is -0.264 e. The van der Waals surface area contributed by atoms with Crippen molar-refractivity contribution in [3.63, 3.8) is 0 Å². The van der Waals surface area contributed by atoms with E-state index in [1.165, 1.54) is 4.88 Å². The Labute approximate surface area is 163 Å². The van der Waals surface area contributed by atoms with E-state index in [9.17, 15) is 8.42 Å². The maximum Gasteiger partial charge on any atom is 0.218 e. The van der Waals surface area contributed by atoms with Gasteiger partial charge in [-0.05, 0) is 47.2 Å². The number of hydrogen-bond acceptors (Lipinski definition) is 4. The van der Waals surface area contributed by atoms with Gasteiger partial charge in [-0.1, -0.05) is 35.9 Å². The monoisotopic (exact) mass is 406 g/mol. The molecule has 1 aromatic carbocycles. The molecule has 2 heterocycles. The summed E-state index contributed by atoms with van der Waals surface area (Å²) in [5, 5.41) is 2.60. The summed E-state index contributed by atoms with van der Waals surface area (Å²) in [6, 6.07) is 14.6. The summed E-state index contributed by atoms with van der Waals surface area (Å²) in [6.45, 7) is 0.750. The minimum atomic E-state index is -3.47. The van der Waals surface area contributed by atoms with E-state index in [1.807, 2.05) is 29.6 Å². The molecule has 0 unspecified atom stereocenters. The van der Waals surface area contributed by atoms with Crippen molar-refractivity contribution in [3.8, 4) is 0 Å². The maximum atomic E-state index is 13.0. The summed E-state index contributed by atoms with van der Waals surface area (Å²) >= 11 is 7.53. The lowest BCUT2D eigenvalue weighted by Gasteiger charge is -2.22. The van der Waals surface area contributed by atoms with Crippen molar-refractivity contribution in [2.24, 2.45) is 0 Å². The van der Waals surface area contributed by atoms with Gasteiger partial charge in [-0.3, -0.25) is 4.98 Å². The van der Waals surface area contributed by atoms with Gasteiger partial charge in [-0.15, -0.1) is 11.3 Å². The lowest BCUT2D eigenvalue weighted by molar-refractivity contribution is 0.409. The number of hydrogen-bond donors (Lipinski definition) is 0. The zero-order valence-corrected chi connectivity index (χ0v) is 16.5. The SMILES string of the molecule is O=S(=O)(Cc1ccc(Cl)cc1)N(CCc1cccs1)Cc1cccnc1. The molecule has 0 N–H and O–H groups in total. The van der Waals surface area contributed by atoms with Crippen LogP contribution in [0.2, 0.25) is 5.02 Å². The molecule has 4 nitrogen and oxygen atoms in total. The highest BCUT2D eigenvalue weighted by atomic mass is 35.5. The summed E-state index contributed by atoms with van der Waals surface area (Å²) in [4.78, 5) is 5.26. The van der Waals surface area contributed by atoms with Gasteiger partial charge in [0, 0.05) is 35.4 Å². The van der Waals surface area contributed by atoms with Crippen LogP contribution < -0.4 is 0 Å². The Kier molecular flexibility index (Phi) is 6.43. The highest BCUT2D eigenvalue weighted by Crippen LogP contribution is 2.18. The number of nitrogens with zero attached hydrogens (tertiary/aromatic N) is 2. The molecule has 0 bridgehead atoms. The largest absolute Gasteiger partial charge is 0.264 e. The van der Waals surface area contributed by atoms with Gasteiger partial charge in [0.15, 0.2) is 0 Å². The van der Waals surface area contributed by atoms with Crippen molar-refractivity contribution in [2.45, 2.75) is 18.7 Å². The fourth-order valence-electron chi connectivity index (χ4n) is 2.58. The second kappa shape index (κ2) is 8.77. The molecule has 26 heavy (non-hydrogen) atoms. The Morgan fingerprint density at radius 2 is 1.85 bits per heavy atom. The van der Waals surface area contributed by atoms with Crippen LogP contribution in [0, 0.1) is 0 Å². The molecule has 0 saturated carbocycles. The molecule has 0 aliphatic heterocycles. The van der Waals surface area contributed by atoms with Crippen LogP contribution in [0.3, 0.4) is 0 Å². The Morgan fingerprint density at radius 1 is 1.04 bits per heavy atom. The number of halogens is 1. The third-order valence-corrected chi connectivity index (χ3v) is 6.91. The van der Waals surface area contributed by atoms with E-state index in [1.54, 1.807) is 52.3 Å². The van der Waals surface area contributed by atoms with E-state index in [4.69, 9.17) is 11.6 Å². The van der Waals surface area contributed by atoms with Crippen molar-refractivity contribution in [3.05, 3.63) is 87.3 Å². The molecular formula is C19H19ClN2O2S2. The smallest absolute Gasteiger partial charge is 0.218 e. The van der Waals surface area contributed by atoms with Gasteiger partial charge >= 0.3 is 0 Å². The first-order chi connectivity index (χ1) is 12.5. The summed E-state index contributed by atoms with van der Waals surface area (Å²) in [6.07, 6.45) is 4.08. The van der Waals surface area contributed by atoms with Crippen molar-refractivity contribution >= 4 is 33.0 Å². The van der Waals surface area contributed by atoms with E-state index < -0.39 is 10.0 Å². The van der Waals surface area contributed by atoms with Crippen LogP contribution in [0.15, 0.2) is 66.3 Å². The molecule has 0 fully saturated rings. The fourth-order valence-corrected chi connectivity index (χ4v) is 4.92. The maximum absolute atomic E-state index is 13.0. The zero-order valence-electron chi connectivity index (χ0n) is 14.1. The van der Waals surface area contributed by atoms with E-state index >= 15 is 0 Å². The predicted molar refractivity (Wildman–Crippen MR) is 107 cm³/mol. The third kappa shape index (κ3) is 5.38. The molecule has 0 amide bonds. The first-order valence-corrected chi connectivity index (χ1v) is 11.0. The van der Waals surface area contributed by atoms with Gasteiger partial charge < -0.3 is 0 Å². The highest BCUT2D eigenvalue weighted by Gasteiger charge is 2.23. The third-order valence-electron chi connectivity index (χ3n) is 3.93. The second-order valence-electron chi connectivity index (χ2n) is 5.91. The Morgan fingerprint density at radius 3 is 2.50 bits per heavy atom. The average Bonchev–Trinajstić information content (AvgIpc) is 3.15. The summed E-state index contributed by atoms with van der Waals surface area (Å²) in [5.41, 5.74) is 1.60. The Bertz CT molecular complexity index is 912. The highest BCUT2D eigenvalue weighted by molar-refractivity contribution is 7.88. The van der Waals surface area contributed by atoms with Crippen LogP contribution in [-0.2, 0) is 28.7 Å². The Hall–Kier alpha value is -1.73. The van der Waals surface area contributed by atoms with Crippen molar-refractivity contribution < 1.29 is 8.42 Å². The fraction of sp³-hybridized carbons (Fsp3) is 0.211. The van der Waals surface area contributed by atoms with E-state index in [2.05, 4.69) is 4.98 Å². The van der Waals surface area contributed by atoms with Crippen LogP contribution in [0.1, 0.15) is 16.0 Å². The zero-order chi connectivity index (χ0) is 18.4. The van der Waals surface area contributed by atoms with Gasteiger partial charge in [-0.2, -0.15) is 4.31 Å². The molecular weight excluding hydrogens is 388 g/mol. The number of rotatable bonds is 8. The summed E-state index contributed by atoms with van der Waals surface area (Å²) in [5.74, 6) is -0.0468. The molecule has 3 rings (SSSR count). The van der Waals surface area contributed by atoms with Gasteiger partial charge in [0.05, 0.1) is 5.75 Å². The van der Waals surface area contributed by atoms with E-state index in [-0.39, 0.29) is 5.75 Å². The Balaban J connectivity index is 1.78. The average molecular weight is 407 g/mol. The molecule has 136 valence electrons. The van der Waals surface area contributed by atoms with Crippen LogP contribution in [0.5, 0.6) is 0 Å². The molecule has 0 radical (unpaired) electrons. The standard InChI is InChI=1S/C19H19ClN2O2S2/c20-18-7-5-16(6-8-18)15-26(23,24)22(11-9-19-4-2-12-25-19)14-17-3-1-10-21-13-17/h1-8,10,12-13H,9,11,14-15H2. The normalized spacial score (nSPS) is 11.8. The molecule has 0 atom stereocenters. The van der Waals surface area contributed by atoms with Crippen molar-refractivity contribution in [2.75, 3.05) is 6.54 Å². The molecule has 7 heteroatoms. The van der Waals surface area contributed by atoms with Crippen LogP contribution >= 0.6 is 22.9 Å². The van der Waals surface area contributed by atoms with Crippen molar-refractivity contribution in [1.82, 2.24) is 9.29 Å². The molecule has 3 aromatic rings. The first kappa shape index (κ1) is 19.0. The first-order valence-electron chi connectivity index (χ1n) is 8.16. The number of benzene rings is 1. The summed E-state index contributed by atoms with van der Waals surface area (Å²) in [7, 11) is -3.47. The van der Waals surface area contributed by atoms with Crippen LogP contribution in [-0.4, -0.2) is 24.3 Å². The molecule has 0 saturated heterocycles. The second-order valence-corrected chi connectivity index (χ2v) is 9.34. The number of sulfonamides is 1. The topological polar surface area (TPSA) is 50.3 Å². The van der Waals surface area contributed by atoms with Gasteiger partial charge in [0.1, 0.15) is 0 Å². The van der Waals surface area contributed by atoms with Crippen LogP contribution in [0.4, 0.5) is 0 Å². The number of thiophene rings is 1. The van der Waals surface area contributed by atoms with Gasteiger partial charge in [0.25, 0.3) is 0 Å². The molecule has 2 aromatic heterocycles. The lowest BCUT2D eigenvalue weighted by atomic mass is 10.2. The minimum absolute atomic E-state index is 0.0468.